The first kappa shape index (κ1) is 18.7. The Kier molecular flexibility index (Phi) is 7.40. The van der Waals surface area contributed by atoms with Gasteiger partial charge in [0, 0.05) is 13.0 Å². The Bertz CT molecular complexity index is 417. The summed E-state index contributed by atoms with van der Waals surface area (Å²) in [7, 11) is 1.40. The molecule has 4 nitrogen and oxygen atoms in total. The number of amides is 1. The van der Waals surface area contributed by atoms with E-state index in [1.807, 2.05) is 6.08 Å². The van der Waals surface area contributed by atoms with Crippen LogP contribution in [-0.2, 0) is 14.3 Å². The molecule has 0 saturated heterocycles. The van der Waals surface area contributed by atoms with Gasteiger partial charge in [-0.25, -0.2) is 0 Å². The van der Waals surface area contributed by atoms with Crippen molar-refractivity contribution in [3.8, 4) is 0 Å². The lowest BCUT2D eigenvalue weighted by molar-refractivity contribution is -0.140. The maximum absolute atomic E-state index is 12.2. The highest BCUT2D eigenvalue weighted by atomic mass is 79.9. The molecule has 1 aliphatic carbocycles. The molecule has 1 amide bonds. The van der Waals surface area contributed by atoms with E-state index in [1.54, 1.807) is 0 Å². The molecule has 0 radical (unpaired) electrons. The van der Waals surface area contributed by atoms with Crippen molar-refractivity contribution in [1.82, 2.24) is 5.32 Å². The Balaban J connectivity index is 2.21. The molecule has 21 heavy (non-hydrogen) atoms. The number of carbonyl (C=O) groups is 2. The molecule has 0 spiro atoms. The van der Waals surface area contributed by atoms with Crippen LogP contribution in [0.5, 0.6) is 0 Å². The number of methoxy groups -OCH3 is 1. The van der Waals surface area contributed by atoms with Gasteiger partial charge in [-0.05, 0) is 56.0 Å². The quantitative estimate of drug-likeness (QED) is 0.477. The number of allylic oxidation sites excluding steroid dienone is 1. The van der Waals surface area contributed by atoms with Crippen molar-refractivity contribution < 1.29 is 14.3 Å². The lowest BCUT2D eigenvalue weighted by Crippen LogP contribution is -2.27. The zero-order chi connectivity index (χ0) is 16.0. The lowest BCUT2D eigenvalue weighted by atomic mass is 10.1. The molecule has 0 aromatic rings. The second kappa shape index (κ2) is 8.32. The molecule has 0 aromatic heterocycles. The van der Waals surface area contributed by atoms with Gasteiger partial charge < -0.3 is 10.1 Å². The first-order valence-corrected chi connectivity index (χ1v) is 8.76. The van der Waals surface area contributed by atoms with E-state index in [9.17, 15) is 9.59 Å². The van der Waals surface area contributed by atoms with E-state index < -0.39 is 0 Å². The summed E-state index contributed by atoms with van der Waals surface area (Å²) in [4.78, 5) is 23.1. The molecular weight excluding hydrogens is 402 g/mol. The van der Waals surface area contributed by atoms with Gasteiger partial charge in [0.15, 0.2) is 0 Å². The topological polar surface area (TPSA) is 55.4 Å². The van der Waals surface area contributed by atoms with Crippen LogP contribution in [0.2, 0.25) is 0 Å². The Morgan fingerprint density at radius 2 is 1.90 bits per heavy atom. The summed E-state index contributed by atoms with van der Waals surface area (Å²) in [6.07, 6.45) is 5.10. The minimum absolute atomic E-state index is 0.0156. The van der Waals surface area contributed by atoms with Crippen LogP contribution in [0.4, 0.5) is 0 Å². The molecule has 1 fully saturated rings. The molecule has 0 aliphatic heterocycles. The number of ether oxygens (including phenoxy) is 1. The number of unbranched alkanes of at least 4 members (excludes halogenated alkanes) is 2. The van der Waals surface area contributed by atoms with Crippen molar-refractivity contribution in [2.24, 2.45) is 17.3 Å². The smallest absolute Gasteiger partial charge is 0.305 e. The second-order valence-electron chi connectivity index (χ2n) is 5.96. The van der Waals surface area contributed by atoms with Gasteiger partial charge in [-0.15, -0.1) is 0 Å². The third-order valence-electron chi connectivity index (χ3n) is 4.08. The van der Waals surface area contributed by atoms with Crippen molar-refractivity contribution in [3.63, 3.8) is 0 Å². The third kappa shape index (κ3) is 5.74. The zero-order valence-electron chi connectivity index (χ0n) is 12.7. The molecule has 2 unspecified atom stereocenters. The van der Waals surface area contributed by atoms with Crippen LogP contribution in [0.25, 0.3) is 0 Å². The molecule has 2 atom stereocenters. The van der Waals surface area contributed by atoms with Gasteiger partial charge in [-0.2, -0.15) is 0 Å². The summed E-state index contributed by atoms with van der Waals surface area (Å²) in [5.41, 5.74) is 0.0156. The van der Waals surface area contributed by atoms with Gasteiger partial charge in [0.25, 0.3) is 0 Å². The lowest BCUT2D eigenvalue weighted by Gasteiger charge is -2.06. The van der Waals surface area contributed by atoms with Crippen LogP contribution in [0.1, 0.15) is 39.5 Å². The standard InChI is InChI=1S/C15H23Br2NO3/c1-15(2)10(9-11(16)17)13(15)14(20)18-8-6-4-5-7-12(19)21-3/h9-10,13H,4-8H2,1-3H3,(H,18,20). The van der Waals surface area contributed by atoms with Crippen LogP contribution >= 0.6 is 31.9 Å². The number of hydrogen-bond donors (Lipinski definition) is 1. The minimum atomic E-state index is -0.172. The van der Waals surface area contributed by atoms with E-state index in [0.717, 1.165) is 22.7 Å². The van der Waals surface area contributed by atoms with Crippen LogP contribution in [-0.4, -0.2) is 25.5 Å². The number of carbonyl (C=O) groups excluding carboxylic acids is 2. The molecule has 1 N–H and O–H groups in total. The SMILES string of the molecule is COC(=O)CCCCCNC(=O)C1C(C=C(Br)Br)C1(C)C. The first-order valence-electron chi connectivity index (χ1n) is 7.18. The molecular formula is C15H23Br2NO3. The fraction of sp³-hybridized carbons (Fsp3) is 0.733. The molecule has 1 rings (SSSR count). The van der Waals surface area contributed by atoms with Crippen LogP contribution in [0.15, 0.2) is 9.47 Å². The van der Waals surface area contributed by atoms with Gasteiger partial charge in [-0.3, -0.25) is 9.59 Å². The predicted octanol–water partition coefficient (Wildman–Crippen LogP) is 3.74. The molecule has 120 valence electrons. The molecule has 0 aromatic carbocycles. The number of esters is 1. The highest BCUT2D eigenvalue weighted by molar-refractivity contribution is 9.28. The van der Waals surface area contributed by atoms with Crippen LogP contribution in [0, 0.1) is 17.3 Å². The van der Waals surface area contributed by atoms with E-state index in [0.29, 0.717) is 13.0 Å². The maximum Gasteiger partial charge on any atom is 0.305 e. The minimum Gasteiger partial charge on any atom is -0.469 e. The fourth-order valence-electron chi connectivity index (χ4n) is 2.62. The molecule has 1 aliphatic rings. The van der Waals surface area contributed by atoms with Gasteiger partial charge >= 0.3 is 5.97 Å². The van der Waals surface area contributed by atoms with Gasteiger partial charge in [0.1, 0.15) is 0 Å². The van der Waals surface area contributed by atoms with E-state index in [-0.39, 0.29) is 29.1 Å². The first-order chi connectivity index (χ1) is 9.80. The number of rotatable bonds is 8. The summed E-state index contributed by atoms with van der Waals surface area (Å²) in [6, 6.07) is 0. The summed E-state index contributed by atoms with van der Waals surface area (Å²) >= 11 is 6.70. The monoisotopic (exact) mass is 423 g/mol. The van der Waals surface area contributed by atoms with Gasteiger partial charge in [0.05, 0.1) is 16.4 Å². The van der Waals surface area contributed by atoms with Crippen molar-refractivity contribution in [3.05, 3.63) is 9.47 Å². The van der Waals surface area contributed by atoms with Gasteiger partial charge in [-0.1, -0.05) is 26.3 Å². The van der Waals surface area contributed by atoms with E-state index >= 15 is 0 Å². The van der Waals surface area contributed by atoms with Crippen LogP contribution < -0.4 is 5.32 Å². The largest absolute Gasteiger partial charge is 0.469 e. The second-order valence-corrected chi connectivity index (χ2v) is 8.73. The number of hydrogen-bond acceptors (Lipinski definition) is 3. The van der Waals surface area contributed by atoms with Gasteiger partial charge in [0.2, 0.25) is 5.91 Å². The third-order valence-corrected chi connectivity index (χ3v) is 4.61. The average Bonchev–Trinajstić information content (AvgIpc) is 2.93. The Hall–Kier alpha value is -0.360. The predicted molar refractivity (Wildman–Crippen MR) is 90.2 cm³/mol. The summed E-state index contributed by atoms with van der Waals surface area (Å²) < 4.78 is 5.47. The van der Waals surface area contributed by atoms with Crippen molar-refractivity contribution in [2.45, 2.75) is 39.5 Å². The summed E-state index contributed by atoms with van der Waals surface area (Å²) in [5.74, 6) is 0.257. The maximum atomic E-state index is 12.2. The molecule has 1 saturated carbocycles. The number of halogens is 2. The van der Waals surface area contributed by atoms with Crippen molar-refractivity contribution in [2.75, 3.05) is 13.7 Å². The number of nitrogens with one attached hydrogen (secondary N) is 1. The fourth-order valence-corrected chi connectivity index (χ4v) is 3.19. The van der Waals surface area contributed by atoms with Crippen LogP contribution in [0.3, 0.4) is 0 Å². The van der Waals surface area contributed by atoms with E-state index in [4.69, 9.17) is 0 Å². The highest BCUT2D eigenvalue weighted by Gasteiger charge is 2.60. The van der Waals surface area contributed by atoms with E-state index in [1.165, 1.54) is 7.11 Å². The average molecular weight is 425 g/mol. The Labute approximate surface area is 143 Å². The molecule has 6 heteroatoms. The highest BCUT2D eigenvalue weighted by Crippen LogP contribution is 2.59. The summed E-state index contributed by atoms with van der Waals surface area (Å²) in [5, 5.41) is 2.99. The van der Waals surface area contributed by atoms with Crippen molar-refractivity contribution in [1.29, 1.82) is 0 Å². The van der Waals surface area contributed by atoms with Crippen molar-refractivity contribution >= 4 is 43.7 Å². The Morgan fingerprint density at radius 1 is 1.24 bits per heavy atom. The van der Waals surface area contributed by atoms with E-state index in [2.05, 4.69) is 55.8 Å². The normalized spacial score (nSPS) is 22.3. The zero-order valence-corrected chi connectivity index (χ0v) is 15.9. The molecule has 0 bridgehead atoms. The summed E-state index contributed by atoms with van der Waals surface area (Å²) in [6.45, 7) is 4.88. The molecule has 0 heterocycles. The Morgan fingerprint density at radius 3 is 2.48 bits per heavy atom.